The fraction of sp³-hybridized carbons (Fsp3) is 0. The van der Waals surface area contributed by atoms with Gasteiger partial charge in [0.2, 0.25) is 0 Å². The number of halogens is 1. The molecule has 4 heteroatoms. The van der Waals surface area contributed by atoms with Crippen LogP contribution in [0, 0.1) is 0 Å². The fourth-order valence-corrected chi connectivity index (χ4v) is 0.953. The highest BCUT2D eigenvalue weighted by molar-refractivity contribution is 6.29. The SMILES string of the molecule is Clc1cn2cncc2cn1. The molecule has 0 aliphatic rings. The maximum Gasteiger partial charge on any atom is 0.145 e. The van der Waals surface area contributed by atoms with Gasteiger partial charge in [0.1, 0.15) is 5.15 Å². The minimum Gasteiger partial charge on any atom is -0.302 e. The summed E-state index contributed by atoms with van der Waals surface area (Å²) in [6, 6.07) is 0. The molecule has 0 saturated heterocycles. The number of hydrogen-bond acceptors (Lipinski definition) is 2. The molecule has 2 aromatic rings. The van der Waals surface area contributed by atoms with Crippen molar-refractivity contribution >= 4 is 17.1 Å². The van der Waals surface area contributed by atoms with Crippen molar-refractivity contribution in [1.82, 2.24) is 14.4 Å². The summed E-state index contributed by atoms with van der Waals surface area (Å²) in [5, 5.41) is 0.477. The van der Waals surface area contributed by atoms with E-state index in [1.54, 1.807) is 24.9 Å². The Morgan fingerprint density at radius 3 is 3.20 bits per heavy atom. The molecule has 0 aliphatic heterocycles. The summed E-state index contributed by atoms with van der Waals surface area (Å²) in [5.74, 6) is 0. The van der Waals surface area contributed by atoms with Crippen LogP contribution in [0.1, 0.15) is 0 Å². The molecule has 0 unspecified atom stereocenters. The average Bonchev–Trinajstić information content (AvgIpc) is 2.33. The summed E-state index contributed by atoms with van der Waals surface area (Å²) >= 11 is 5.62. The van der Waals surface area contributed by atoms with Crippen LogP contribution >= 0.6 is 11.6 Å². The Morgan fingerprint density at radius 2 is 2.30 bits per heavy atom. The smallest absolute Gasteiger partial charge is 0.145 e. The third-order valence-corrected chi connectivity index (χ3v) is 1.46. The van der Waals surface area contributed by atoms with Gasteiger partial charge in [-0.05, 0) is 0 Å². The Bertz CT molecular complexity index is 355. The first kappa shape index (κ1) is 5.68. The van der Waals surface area contributed by atoms with Gasteiger partial charge in [-0.2, -0.15) is 0 Å². The molecule has 0 saturated carbocycles. The van der Waals surface area contributed by atoms with E-state index in [0.717, 1.165) is 5.52 Å². The van der Waals surface area contributed by atoms with Crippen LogP contribution in [0.3, 0.4) is 0 Å². The molecule has 3 nitrogen and oxygen atoms in total. The summed E-state index contributed by atoms with van der Waals surface area (Å²) in [7, 11) is 0. The van der Waals surface area contributed by atoms with Crippen LogP contribution in [-0.2, 0) is 0 Å². The largest absolute Gasteiger partial charge is 0.302 e. The van der Waals surface area contributed by atoms with Crippen molar-refractivity contribution < 1.29 is 0 Å². The first-order valence-electron chi connectivity index (χ1n) is 2.79. The van der Waals surface area contributed by atoms with E-state index in [9.17, 15) is 0 Å². The zero-order valence-electron chi connectivity index (χ0n) is 5.03. The van der Waals surface area contributed by atoms with Gasteiger partial charge in [0.25, 0.3) is 0 Å². The van der Waals surface area contributed by atoms with Gasteiger partial charge in [-0.3, -0.25) is 0 Å². The van der Waals surface area contributed by atoms with Crippen LogP contribution in [0.5, 0.6) is 0 Å². The van der Waals surface area contributed by atoms with Crippen LogP contribution in [0.15, 0.2) is 24.9 Å². The number of fused-ring (bicyclic) bond motifs is 1. The van der Waals surface area contributed by atoms with Crippen LogP contribution in [0.25, 0.3) is 5.52 Å². The molecule has 0 bridgehead atoms. The molecule has 50 valence electrons. The summed E-state index contributed by atoms with van der Waals surface area (Å²) in [6.07, 6.45) is 6.80. The predicted octanol–water partition coefficient (Wildman–Crippen LogP) is 1.38. The average molecular weight is 154 g/mol. The number of nitrogens with zero attached hydrogens (tertiary/aromatic N) is 3. The standard InChI is InChI=1S/C6H4ClN3/c7-6-3-10-4-8-1-5(10)2-9-6/h1-4H. The van der Waals surface area contributed by atoms with Crippen molar-refractivity contribution in [3.63, 3.8) is 0 Å². The second-order valence-electron chi connectivity index (χ2n) is 1.94. The lowest BCUT2D eigenvalue weighted by atomic mass is 10.6. The Balaban J connectivity index is 2.86. The molecule has 10 heavy (non-hydrogen) atoms. The van der Waals surface area contributed by atoms with Gasteiger partial charge in [0.05, 0.1) is 24.2 Å². The minimum atomic E-state index is 0.477. The van der Waals surface area contributed by atoms with Gasteiger partial charge in [-0.15, -0.1) is 0 Å². The van der Waals surface area contributed by atoms with Crippen LogP contribution in [0.2, 0.25) is 5.15 Å². The molecule has 0 aliphatic carbocycles. The molecular weight excluding hydrogens is 150 g/mol. The first-order valence-corrected chi connectivity index (χ1v) is 3.17. The molecule has 0 radical (unpaired) electrons. The van der Waals surface area contributed by atoms with E-state index in [1.165, 1.54) is 0 Å². The lowest BCUT2D eigenvalue weighted by molar-refractivity contribution is 1.12. The van der Waals surface area contributed by atoms with Gasteiger partial charge in [0.15, 0.2) is 0 Å². The van der Waals surface area contributed by atoms with Crippen molar-refractivity contribution in [3.8, 4) is 0 Å². The highest BCUT2D eigenvalue weighted by Gasteiger charge is 1.92. The lowest BCUT2D eigenvalue weighted by Crippen LogP contribution is -1.82. The highest BCUT2D eigenvalue weighted by atomic mass is 35.5. The summed E-state index contributed by atoms with van der Waals surface area (Å²) in [4.78, 5) is 7.79. The second kappa shape index (κ2) is 1.95. The molecule has 0 atom stereocenters. The summed E-state index contributed by atoms with van der Waals surface area (Å²) < 4.78 is 1.81. The van der Waals surface area contributed by atoms with Gasteiger partial charge in [-0.1, -0.05) is 11.6 Å². The molecule has 0 aromatic carbocycles. The molecule has 2 heterocycles. The van der Waals surface area contributed by atoms with E-state index >= 15 is 0 Å². The zero-order chi connectivity index (χ0) is 6.97. The van der Waals surface area contributed by atoms with Crippen LogP contribution in [0.4, 0.5) is 0 Å². The topological polar surface area (TPSA) is 30.2 Å². The van der Waals surface area contributed by atoms with E-state index in [-0.39, 0.29) is 0 Å². The van der Waals surface area contributed by atoms with Crippen molar-refractivity contribution in [2.24, 2.45) is 0 Å². The fourth-order valence-electron chi connectivity index (χ4n) is 0.799. The van der Waals surface area contributed by atoms with E-state index in [1.807, 2.05) is 4.40 Å². The molecule has 0 fully saturated rings. The number of hydrogen-bond donors (Lipinski definition) is 0. The van der Waals surface area contributed by atoms with Gasteiger partial charge >= 0.3 is 0 Å². The minimum absolute atomic E-state index is 0.477. The van der Waals surface area contributed by atoms with E-state index in [0.29, 0.717) is 5.15 Å². The van der Waals surface area contributed by atoms with Crippen LogP contribution < -0.4 is 0 Å². The summed E-state index contributed by atoms with van der Waals surface area (Å²) in [5.41, 5.74) is 0.949. The zero-order valence-corrected chi connectivity index (χ0v) is 5.78. The molecule has 2 rings (SSSR count). The predicted molar refractivity (Wildman–Crippen MR) is 38.0 cm³/mol. The van der Waals surface area contributed by atoms with Crippen molar-refractivity contribution in [2.75, 3.05) is 0 Å². The van der Waals surface area contributed by atoms with Crippen molar-refractivity contribution in [1.29, 1.82) is 0 Å². The number of aromatic nitrogens is 3. The van der Waals surface area contributed by atoms with Crippen LogP contribution in [-0.4, -0.2) is 14.4 Å². The van der Waals surface area contributed by atoms with Gasteiger partial charge in [-0.25, -0.2) is 9.97 Å². The number of imidazole rings is 1. The highest BCUT2D eigenvalue weighted by Crippen LogP contribution is 2.05. The lowest BCUT2D eigenvalue weighted by Gasteiger charge is -1.90. The third kappa shape index (κ3) is 0.752. The Labute approximate surface area is 62.3 Å². The molecule has 0 amide bonds. The Morgan fingerprint density at radius 1 is 1.40 bits per heavy atom. The van der Waals surface area contributed by atoms with Gasteiger partial charge < -0.3 is 4.40 Å². The second-order valence-corrected chi connectivity index (χ2v) is 2.32. The molecular formula is C6H4ClN3. The summed E-state index contributed by atoms with van der Waals surface area (Å²) in [6.45, 7) is 0. The van der Waals surface area contributed by atoms with Gasteiger partial charge in [0, 0.05) is 6.20 Å². The molecule has 2 aromatic heterocycles. The maximum atomic E-state index is 5.62. The maximum absolute atomic E-state index is 5.62. The van der Waals surface area contributed by atoms with E-state index in [4.69, 9.17) is 11.6 Å². The normalized spacial score (nSPS) is 10.5. The monoisotopic (exact) mass is 153 g/mol. The first-order chi connectivity index (χ1) is 4.86. The Kier molecular flexibility index (Phi) is 1.11. The molecule has 0 spiro atoms. The van der Waals surface area contributed by atoms with E-state index < -0.39 is 0 Å². The number of rotatable bonds is 0. The van der Waals surface area contributed by atoms with Crippen molar-refractivity contribution in [2.45, 2.75) is 0 Å². The quantitative estimate of drug-likeness (QED) is 0.573. The Hall–Kier alpha value is -1.09. The molecule has 0 N–H and O–H groups in total. The van der Waals surface area contributed by atoms with E-state index in [2.05, 4.69) is 9.97 Å². The van der Waals surface area contributed by atoms with Crippen molar-refractivity contribution in [3.05, 3.63) is 30.1 Å². The third-order valence-electron chi connectivity index (χ3n) is 1.26.